The minimum Gasteiger partial charge on any atom is -0.461 e. The van der Waals surface area contributed by atoms with Crippen LogP contribution in [0.2, 0.25) is 0 Å². The Morgan fingerprint density at radius 3 is 2.21 bits per heavy atom. The standard InChI is InChI=1S/C16H22F3NO3S/c1-6-23-13(21)16(18,19)15(5,20-24(22)14(2,3)4)11-9-7-8-10-12(11)17/h7-10,20H,6H2,1-5H3/t15-,24+/m1/s1. The molecule has 1 rings (SSSR count). The van der Waals surface area contributed by atoms with E-state index in [1.165, 1.54) is 19.1 Å². The van der Waals surface area contributed by atoms with Crippen LogP contribution in [0, 0.1) is 5.82 Å². The van der Waals surface area contributed by atoms with Gasteiger partial charge in [-0.1, -0.05) is 18.2 Å². The molecule has 4 nitrogen and oxygen atoms in total. The predicted octanol–water partition coefficient (Wildman–Crippen LogP) is 3.29. The monoisotopic (exact) mass is 365 g/mol. The SMILES string of the molecule is CCOC(=O)C(F)(F)[C@](C)(N[S@@](=O)C(C)(C)C)c1ccccc1F. The number of carbonyl (C=O) groups excluding carboxylic acids is 1. The molecule has 1 aromatic carbocycles. The van der Waals surface area contributed by atoms with Gasteiger partial charge in [-0.3, -0.25) is 0 Å². The van der Waals surface area contributed by atoms with Crippen LogP contribution in [-0.4, -0.2) is 27.5 Å². The Morgan fingerprint density at radius 1 is 1.21 bits per heavy atom. The lowest BCUT2D eigenvalue weighted by Crippen LogP contribution is -2.60. The Kier molecular flexibility index (Phi) is 6.21. The maximum atomic E-state index is 14.8. The third-order valence-electron chi connectivity index (χ3n) is 3.43. The van der Waals surface area contributed by atoms with Gasteiger partial charge in [0.15, 0.2) is 0 Å². The van der Waals surface area contributed by atoms with Crippen molar-refractivity contribution in [3.8, 4) is 0 Å². The first-order valence-corrected chi connectivity index (χ1v) is 8.52. The highest BCUT2D eigenvalue weighted by molar-refractivity contribution is 7.84. The third kappa shape index (κ3) is 3.97. The van der Waals surface area contributed by atoms with Gasteiger partial charge in [-0.25, -0.2) is 18.1 Å². The summed E-state index contributed by atoms with van der Waals surface area (Å²) < 4.78 is 62.0. The van der Waals surface area contributed by atoms with Gasteiger partial charge in [0.1, 0.15) is 11.4 Å². The maximum Gasteiger partial charge on any atom is 0.379 e. The topological polar surface area (TPSA) is 55.4 Å². The zero-order chi connectivity index (χ0) is 18.8. The molecule has 136 valence electrons. The fourth-order valence-corrected chi connectivity index (χ4v) is 2.83. The Hall–Kier alpha value is -1.41. The molecular weight excluding hydrogens is 343 g/mol. The summed E-state index contributed by atoms with van der Waals surface area (Å²) in [6.07, 6.45) is 0. The van der Waals surface area contributed by atoms with Crippen molar-refractivity contribution in [1.82, 2.24) is 4.72 Å². The van der Waals surface area contributed by atoms with E-state index in [0.717, 1.165) is 19.1 Å². The minimum atomic E-state index is -4.15. The van der Waals surface area contributed by atoms with E-state index in [-0.39, 0.29) is 6.61 Å². The molecule has 0 fully saturated rings. The molecule has 0 aliphatic carbocycles. The van der Waals surface area contributed by atoms with Crippen LogP contribution in [-0.2, 0) is 26.1 Å². The molecule has 0 heterocycles. The van der Waals surface area contributed by atoms with Gasteiger partial charge in [-0.2, -0.15) is 8.78 Å². The van der Waals surface area contributed by atoms with Gasteiger partial charge >= 0.3 is 11.9 Å². The van der Waals surface area contributed by atoms with Crippen molar-refractivity contribution in [3.63, 3.8) is 0 Å². The third-order valence-corrected chi connectivity index (χ3v) is 5.13. The molecule has 0 radical (unpaired) electrons. The van der Waals surface area contributed by atoms with E-state index in [2.05, 4.69) is 9.46 Å². The molecule has 1 aromatic rings. The molecule has 0 aliphatic heterocycles. The highest BCUT2D eigenvalue weighted by atomic mass is 32.2. The van der Waals surface area contributed by atoms with Crippen molar-refractivity contribution in [3.05, 3.63) is 35.6 Å². The molecule has 0 saturated carbocycles. The number of nitrogens with one attached hydrogen (secondary N) is 1. The van der Waals surface area contributed by atoms with Crippen LogP contribution in [0.5, 0.6) is 0 Å². The molecule has 0 spiro atoms. The Morgan fingerprint density at radius 2 is 1.75 bits per heavy atom. The molecular formula is C16H22F3NO3S. The van der Waals surface area contributed by atoms with Crippen molar-refractivity contribution in [2.75, 3.05) is 6.61 Å². The normalized spacial score (nSPS) is 16.3. The van der Waals surface area contributed by atoms with E-state index in [1.54, 1.807) is 20.8 Å². The second-order valence-corrected chi connectivity index (χ2v) is 8.35. The van der Waals surface area contributed by atoms with Crippen LogP contribution in [0.1, 0.15) is 40.2 Å². The van der Waals surface area contributed by atoms with Crippen LogP contribution in [0.4, 0.5) is 13.2 Å². The average Bonchev–Trinajstić information content (AvgIpc) is 2.46. The number of ether oxygens (including phenoxy) is 1. The van der Waals surface area contributed by atoms with Crippen molar-refractivity contribution in [2.45, 2.75) is 50.8 Å². The summed E-state index contributed by atoms with van der Waals surface area (Å²) in [5, 5.41) is 0. The number of carbonyl (C=O) groups is 1. The van der Waals surface area contributed by atoms with Crippen molar-refractivity contribution >= 4 is 17.0 Å². The van der Waals surface area contributed by atoms with E-state index in [0.29, 0.717) is 0 Å². The number of rotatable bonds is 6. The van der Waals surface area contributed by atoms with Gasteiger partial charge in [0, 0.05) is 5.56 Å². The van der Waals surface area contributed by atoms with Gasteiger partial charge < -0.3 is 4.74 Å². The molecule has 0 aromatic heterocycles. The van der Waals surface area contributed by atoms with E-state index in [4.69, 9.17) is 0 Å². The molecule has 0 aliphatic rings. The second kappa shape index (κ2) is 7.23. The van der Waals surface area contributed by atoms with Gasteiger partial charge in [0.05, 0.1) is 22.3 Å². The van der Waals surface area contributed by atoms with E-state index >= 15 is 0 Å². The lowest BCUT2D eigenvalue weighted by Gasteiger charge is -2.38. The van der Waals surface area contributed by atoms with E-state index < -0.39 is 44.5 Å². The first kappa shape index (κ1) is 20.6. The van der Waals surface area contributed by atoms with Crippen LogP contribution in [0.3, 0.4) is 0 Å². The highest BCUT2D eigenvalue weighted by Crippen LogP contribution is 2.40. The zero-order valence-corrected chi connectivity index (χ0v) is 15.1. The lowest BCUT2D eigenvalue weighted by atomic mass is 9.86. The number of halogens is 3. The van der Waals surface area contributed by atoms with Gasteiger partial charge in [0.2, 0.25) is 0 Å². The summed E-state index contributed by atoms with van der Waals surface area (Å²) in [5.74, 6) is -6.90. The zero-order valence-electron chi connectivity index (χ0n) is 14.3. The second-order valence-electron chi connectivity index (χ2n) is 6.38. The molecule has 0 unspecified atom stereocenters. The Bertz CT molecular complexity index is 631. The Labute approximate surface area is 142 Å². The number of hydrogen-bond donors (Lipinski definition) is 1. The van der Waals surface area contributed by atoms with Gasteiger partial charge in [-0.15, -0.1) is 0 Å². The van der Waals surface area contributed by atoms with Crippen LogP contribution in [0.25, 0.3) is 0 Å². The molecule has 0 amide bonds. The van der Waals surface area contributed by atoms with Crippen molar-refractivity contribution in [2.24, 2.45) is 0 Å². The number of benzene rings is 1. The fourth-order valence-electron chi connectivity index (χ4n) is 1.92. The van der Waals surface area contributed by atoms with E-state index in [9.17, 15) is 22.2 Å². The van der Waals surface area contributed by atoms with Gasteiger partial charge in [-0.05, 0) is 40.7 Å². The summed E-state index contributed by atoms with van der Waals surface area (Å²) in [4.78, 5) is 11.8. The summed E-state index contributed by atoms with van der Waals surface area (Å²) >= 11 is 0. The first-order chi connectivity index (χ1) is 10.9. The van der Waals surface area contributed by atoms with Crippen molar-refractivity contribution < 1.29 is 26.9 Å². The Balaban J connectivity index is 3.50. The van der Waals surface area contributed by atoms with Crippen LogP contribution >= 0.6 is 0 Å². The smallest absolute Gasteiger partial charge is 0.379 e. The summed E-state index contributed by atoms with van der Waals surface area (Å²) in [7, 11) is -1.99. The quantitative estimate of drug-likeness (QED) is 0.787. The average molecular weight is 365 g/mol. The lowest BCUT2D eigenvalue weighted by molar-refractivity contribution is -0.183. The molecule has 1 N–H and O–H groups in total. The summed E-state index contributed by atoms with van der Waals surface area (Å²) in [6, 6.07) is 4.81. The molecule has 24 heavy (non-hydrogen) atoms. The van der Waals surface area contributed by atoms with Gasteiger partial charge in [0.25, 0.3) is 0 Å². The highest BCUT2D eigenvalue weighted by Gasteiger charge is 2.60. The van der Waals surface area contributed by atoms with E-state index in [1.807, 2.05) is 0 Å². The molecule has 0 bridgehead atoms. The fraction of sp³-hybridized carbons (Fsp3) is 0.562. The molecule has 8 heteroatoms. The van der Waals surface area contributed by atoms with Crippen LogP contribution < -0.4 is 4.72 Å². The largest absolute Gasteiger partial charge is 0.461 e. The first-order valence-electron chi connectivity index (χ1n) is 7.37. The summed E-state index contributed by atoms with van der Waals surface area (Å²) in [6.45, 7) is 6.77. The summed E-state index contributed by atoms with van der Waals surface area (Å²) in [5.41, 5.74) is -3.02. The van der Waals surface area contributed by atoms with Crippen molar-refractivity contribution in [1.29, 1.82) is 0 Å². The number of hydrogen-bond acceptors (Lipinski definition) is 3. The molecule has 0 saturated heterocycles. The number of esters is 1. The predicted molar refractivity (Wildman–Crippen MR) is 86.4 cm³/mol. The molecule has 2 atom stereocenters. The maximum absolute atomic E-state index is 14.8. The van der Waals surface area contributed by atoms with Crippen LogP contribution in [0.15, 0.2) is 24.3 Å². The minimum absolute atomic E-state index is 0.260. The number of alkyl halides is 2.